The molecule has 0 amide bonds. The molecule has 0 saturated heterocycles. The van der Waals surface area contributed by atoms with E-state index < -0.39 is 0 Å². The average molecular weight is 198 g/mol. The van der Waals surface area contributed by atoms with Crippen molar-refractivity contribution in [1.82, 2.24) is 0 Å². The topological polar surface area (TPSA) is 35.2 Å². The van der Waals surface area contributed by atoms with Crippen LogP contribution in [0.1, 0.15) is 0 Å². The van der Waals surface area contributed by atoms with Crippen LogP contribution in [0.25, 0.3) is 0 Å². The van der Waals surface area contributed by atoms with E-state index >= 15 is 0 Å². The molecule has 70 valence electrons. The normalized spacial score (nSPS) is 9.69. The van der Waals surface area contributed by atoms with Crippen LogP contribution in [-0.4, -0.2) is 13.2 Å². The molecule has 3 heteroatoms. The van der Waals surface area contributed by atoms with Gasteiger partial charge in [0.15, 0.2) is 0 Å². The fraction of sp³-hybridized carbons (Fsp3) is 0.200. The summed E-state index contributed by atoms with van der Waals surface area (Å²) in [6.45, 7) is 4.61. The van der Waals surface area contributed by atoms with Gasteiger partial charge in [-0.05, 0) is 23.8 Å². The van der Waals surface area contributed by atoms with Crippen molar-refractivity contribution in [3.63, 3.8) is 0 Å². The maximum atomic E-state index is 5.77. The van der Waals surface area contributed by atoms with E-state index in [-0.39, 0.29) is 0 Å². The quantitative estimate of drug-likeness (QED) is 0.752. The van der Waals surface area contributed by atoms with Gasteiger partial charge in [-0.2, -0.15) is 0 Å². The van der Waals surface area contributed by atoms with Crippen LogP contribution in [0.2, 0.25) is 5.02 Å². The lowest BCUT2D eigenvalue weighted by molar-refractivity contribution is 0.351. The van der Waals surface area contributed by atoms with Gasteiger partial charge in [-0.25, -0.2) is 0 Å². The molecule has 0 fully saturated rings. The van der Waals surface area contributed by atoms with Crippen LogP contribution in [0.3, 0.4) is 0 Å². The number of ether oxygens (including phenoxy) is 1. The lowest BCUT2D eigenvalue weighted by Gasteiger charge is -2.06. The Kier molecular flexibility index (Phi) is 3.80. The zero-order valence-corrected chi connectivity index (χ0v) is 8.05. The van der Waals surface area contributed by atoms with Gasteiger partial charge < -0.3 is 10.5 Å². The molecule has 0 aliphatic rings. The van der Waals surface area contributed by atoms with E-state index in [0.717, 1.165) is 11.3 Å². The van der Waals surface area contributed by atoms with Gasteiger partial charge in [-0.1, -0.05) is 24.2 Å². The van der Waals surface area contributed by atoms with Crippen LogP contribution in [0, 0.1) is 0 Å². The zero-order chi connectivity index (χ0) is 9.68. The predicted molar refractivity (Wildman–Crippen MR) is 55.1 cm³/mol. The summed E-state index contributed by atoms with van der Waals surface area (Å²) in [5.74, 6) is 0.738. The first-order valence-corrected chi connectivity index (χ1v) is 4.35. The van der Waals surface area contributed by atoms with Gasteiger partial charge in [-0.3, -0.25) is 0 Å². The Morgan fingerprint density at radius 3 is 2.92 bits per heavy atom. The van der Waals surface area contributed by atoms with Gasteiger partial charge in [0.25, 0.3) is 0 Å². The predicted octanol–water partition coefficient (Wildman–Crippen LogP) is 2.23. The van der Waals surface area contributed by atoms with Crippen LogP contribution in [-0.2, 0) is 0 Å². The molecule has 1 aromatic rings. The first-order valence-electron chi connectivity index (χ1n) is 3.97. The molecular weight excluding hydrogens is 186 g/mol. The molecule has 0 radical (unpaired) electrons. The maximum absolute atomic E-state index is 5.77. The molecule has 1 rings (SSSR count). The summed E-state index contributed by atoms with van der Waals surface area (Å²) >= 11 is 5.77. The zero-order valence-electron chi connectivity index (χ0n) is 7.29. The molecule has 0 atom stereocenters. The number of hydrogen-bond acceptors (Lipinski definition) is 2. The van der Waals surface area contributed by atoms with Crippen molar-refractivity contribution in [2.45, 2.75) is 0 Å². The Bertz CT molecular complexity index is 299. The van der Waals surface area contributed by atoms with Gasteiger partial charge in [0.05, 0.1) is 0 Å². The molecule has 0 spiro atoms. The molecule has 0 aliphatic carbocycles. The highest BCUT2D eigenvalue weighted by Crippen LogP contribution is 2.17. The summed E-state index contributed by atoms with van der Waals surface area (Å²) in [7, 11) is 0. The third kappa shape index (κ3) is 3.49. The van der Waals surface area contributed by atoms with Crippen molar-refractivity contribution in [2.24, 2.45) is 5.73 Å². The number of halogens is 1. The van der Waals surface area contributed by atoms with Crippen LogP contribution in [0.15, 0.2) is 36.4 Å². The van der Waals surface area contributed by atoms with Gasteiger partial charge in [0.2, 0.25) is 0 Å². The molecule has 1 aromatic carbocycles. The molecule has 13 heavy (non-hydrogen) atoms. The molecule has 0 heterocycles. The van der Waals surface area contributed by atoms with Crippen molar-refractivity contribution in [1.29, 1.82) is 0 Å². The van der Waals surface area contributed by atoms with Crippen LogP contribution >= 0.6 is 11.6 Å². The smallest absolute Gasteiger partial charge is 0.121 e. The summed E-state index contributed by atoms with van der Waals surface area (Å²) in [6, 6.07) is 7.23. The second-order valence-electron chi connectivity index (χ2n) is 2.70. The number of nitrogens with two attached hydrogens (primary N) is 1. The third-order valence-corrected chi connectivity index (χ3v) is 1.76. The van der Waals surface area contributed by atoms with E-state index in [1.54, 1.807) is 12.1 Å². The summed E-state index contributed by atoms with van der Waals surface area (Å²) in [4.78, 5) is 0. The number of benzene rings is 1. The molecule has 2 N–H and O–H groups in total. The van der Waals surface area contributed by atoms with E-state index in [1.807, 2.05) is 12.1 Å². The molecule has 2 nitrogen and oxygen atoms in total. The van der Waals surface area contributed by atoms with Crippen molar-refractivity contribution in [2.75, 3.05) is 13.2 Å². The summed E-state index contributed by atoms with van der Waals surface area (Å²) in [6.07, 6.45) is 0. The summed E-state index contributed by atoms with van der Waals surface area (Å²) in [5, 5.41) is 0.663. The van der Waals surface area contributed by atoms with Crippen molar-refractivity contribution >= 4 is 11.6 Å². The van der Waals surface area contributed by atoms with Crippen molar-refractivity contribution in [3.05, 3.63) is 41.4 Å². The van der Waals surface area contributed by atoms with Crippen molar-refractivity contribution in [3.8, 4) is 5.75 Å². The van der Waals surface area contributed by atoms with Crippen LogP contribution in [0.5, 0.6) is 5.75 Å². The van der Waals surface area contributed by atoms with E-state index in [0.29, 0.717) is 18.2 Å². The minimum Gasteiger partial charge on any atom is -0.489 e. The second-order valence-corrected chi connectivity index (χ2v) is 3.14. The number of rotatable bonds is 4. The molecule has 0 aliphatic heterocycles. The lowest BCUT2D eigenvalue weighted by Crippen LogP contribution is -2.09. The highest BCUT2D eigenvalue weighted by molar-refractivity contribution is 6.30. The Labute approximate surface area is 83.0 Å². The van der Waals surface area contributed by atoms with Crippen LogP contribution < -0.4 is 10.5 Å². The lowest BCUT2D eigenvalue weighted by atomic mass is 10.3. The Hall–Kier alpha value is -0.990. The highest BCUT2D eigenvalue weighted by atomic mass is 35.5. The molecule has 0 saturated carbocycles. The molecule has 0 bridgehead atoms. The first-order chi connectivity index (χ1) is 6.22. The van der Waals surface area contributed by atoms with E-state index in [9.17, 15) is 0 Å². The van der Waals surface area contributed by atoms with E-state index in [4.69, 9.17) is 22.1 Å². The maximum Gasteiger partial charge on any atom is 0.121 e. The second kappa shape index (κ2) is 4.90. The van der Waals surface area contributed by atoms with Crippen LogP contribution in [0.4, 0.5) is 0 Å². The largest absolute Gasteiger partial charge is 0.489 e. The van der Waals surface area contributed by atoms with E-state index in [1.165, 1.54) is 0 Å². The first kappa shape index (κ1) is 10.1. The average Bonchev–Trinajstić information content (AvgIpc) is 2.14. The fourth-order valence-corrected chi connectivity index (χ4v) is 0.981. The SMILES string of the molecule is C=C(CN)COc1cccc(Cl)c1. The minimum atomic E-state index is 0.441. The minimum absolute atomic E-state index is 0.441. The fourth-order valence-electron chi connectivity index (χ4n) is 0.801. The van der Waals surface area contributed by atoms with Gasteiger partial charge in [0, 0.05) is 11.6 Å². The van der Waals surface area contributed by atoms with Crippen molar-refractivity contribution < 1.29 is 4.74 Å². The molecule has 0 aromatic heterocycles. The Morgan fingerprint density at radius 2 is 2.31 bits per heavy atom. The monoisotopic (exact) mass is 197 g/mol. The van der Waals surface area contributed by atoms with Gasteiger partial charge in [-0.15, -0.1) is 0 Å². The highest BCUT2D eigenvalue weighted by Gasteiger charge is 1.95. The standard InChI is InChI=1S/C10H12ClNO/c1-8(6-12)7-13-10-4-2-3-9(11)5-10/h2-5H,1,6-7,12H2. The Balaban J connectivity index is 2.50. The van der Waals surface area contributed by atoms with Gasteiger partial charge >= 0.3 is 0 Å². The van der Waals surface area contributed by atoms with E-state index in [2.05, 4.69) is 6.58 Å². The number of hydrogen-bond donors (Lipinski definition) is 1. The Morgan fingerprint density at radius 1 is 1.54 bits per heavy atom. The molecular formula is C10H12ClNO. The summed E-state index contributed by atoms with van der Waals surface area (Å²) in [5.41, 5.74) is 6.22. The van der Waals surface area contributed by atoms with Gasteiger partial charge in [0.1, 0.15) is 12.4 Å². The third-order valence-electron chi connectivity index (χ3n) is 1.53. The summed E-state index contributed by atoms with van der Waals surface area (Å²) < 4.78 is 5.38. The molecule has 0 unspecified atom stereocenters.